The van der Waals surface area contributed by atoms with Gasteiger partial charge >= 0.3 is 6.85 Å². The van der Waals surface area contributed by atoms with Crippen molar-refractivity contribution >= 4 is 93.3 Å². The Balaban J connectivity index is 1.43. The van der Waals surface area contributed by atoms with E-state index in [1.165, 1.54) is 86.3 Å². The maximum absolute atomic E-state index is 6.60. The van der Waals surface area contributed by atoms with Gasteiger partial charge in [0.1, 0.15) is 10.4 Å². The largest absolute Gasteiger partial charge is 0.454 e. The fourth-order valence-electron chi connectivity index (χ4n) is 7.94. The minimum Gasteiger partial charge on any atom is -0.454 e. The lowest BCUT2D eigenvalue weighted by Gasteiger charge is -2.34. The van der Waals surface area contributed by atoms with Crippen molar-refractivity contribution in [1.82, 2.24) is 9.05 Å². The van der Waals surface area contributed by atoms with Gasteiger partial charge in [0.05, 0.1) is 11.0 Å². The zero-order chi connectivity index (χ0) is 25.9. The van der Waals surface area contributed by atoms with Crippen LogP contribution in [0.2, 0.25) is 0 Å². The van der Waals surface area contributed by atoms with E-state index in [0.29, 0.717) is 0 Å². The van der Waals surface area contributed by atoms with Gasteiger partial charge in [0.15, 0.2) is 5.58 Å². The Hall–Kier alpha value is -4.74. The van der Waals surface area contributed by atoms with Gasteiger partial charge in [-0.3, -0.25) is 0 Å². The van der Waals surface area contributed by atoms with Crippen LogP contribution in [0.4, 0.5) is 0 Å². The predicted molar refractivity (Wildman–Crippen MR) is 170 cm³/mol. The lowest BCUT2D eigenvalue weighted by atomic mass is 9.45. The van der Waals surface area contributed by atoms with Crippen molar-refractivity contribution in [3.63, 3.8) is 0 Å². The molecule has 0 bridgehead atoms. The summed E-state index contributed by atoms with van der Waals surface area (Å²) >= 11 is 1.91. The topological polar surface area (TPSA) is 23.0 Å². The number of thiophene rings is 1. The van der Waals surface area contributed by atoms with Crippen LogP contribution in [0, 0.1) is 6.92 Å². The highest BCUT2D eigenvalue weighted by atomic mass is 32.1. The highest BCUT2D eigenvalue weighted by Gasteiger charge is 2.42. The molecule has 0 unspecified atom stereocenters. The van der Waals surface area contributed by atoms with Crippen LogP contribution in [-0.2, 0) is 0 Å². The van der Waals surface area contributed by atoms with Gasteiger partial charge in [-0.1, -0.05) is 66.7 Å². The number of hydrogen-bond acceptors (Lipinski definition) is 2. The van der Waals surface area contributed by atoms with Gasteiger partial charge in [0.25, 0.3) is 0 Å². The third-order valence-corrected chi connectivity index (χ3v) is 10.5. The zero-order valence-electron chi connectivity index (χ0n) is 21.5. The van der Waals surface area contributed by atoms with E-state index in [-0.39, 0.29) is 6.85 Å². The van der Waals surface area contributed by atoms with Crippen LogP contribution in [0.5, 0.6) is 0 Å². The van der Waals surface area contributed by atoms with E-state index in [1.54, 1.807) is 0 Å². The van der Waals surface area contributed by atoms with Crippen molar-refractivity contribution in [2.45, 2.75) is 6.92 Å². The summed E-state index contributed by atoms with van der Waals surface area (Å²) in [6.07, 6.45) is 0. The predicted octanol–water partition coefficient (Wildman–Crippen LogP) is 8.11. The Morgan fingerprint density at radius 3 is 2.45 bits per heavy atom. The van der Waals surface area contributed by atoms with Gasteiger partial charge in [0.2, 0.25) is 0 Å². The van der Waals surface area contributed by atoms with Crippen molar-refractivity contribution in [2.75, 3.05) is 0 Å². The quantitative estimate of drug-likeness (QED) is 0.183. The number of aromatic nitrogens is 2. The second-order valence-corrected chi connectivity index (χ2v) is 12.4. The molecule has 9 aromatic rings. The van der Waals surface area contributed by atoms with E-state index >= 15 is 0 Å². The van der Waals surface area contributed by atoms with Gasteiger partial charge in [-0.15, -0.1) is 11.3 Å². The summed E-state index contributed by atoms with van der Waals surface area (Å²) in [6, 6.07) is 35.8. The van der Waals surface area contributed by atoms with Gasteiger partial charge in [-0.05, 0) is 59.3 Å². The van der Waals surface area contributed by atoms with Gasteiger partial charge in [-0.25, -0.2) is 0 Å². The van der Waals surface area contributed by atoms with Crippen LogP contribution in [-0.4, -0.2) is 15.9 Å². The SMILES string of the molecule is Cc1cc2c3c(c1)-n1c4sc5ccccc5c4c4cccc(c41)B3n1c3c-2cccc3c2oc3ccccc3c21. The molecule has 184 valence electrons. The third-order valence-electron chi connectivity index (χ3n) is 9.33. The molecule has 0 spiro atoms. The van der Waals surface area contributed by atoms with E-state index in [4.69, 9.17) is 4.42 Å². The summed E-state index contributed by atoms with van der Waals surface area (Å²) in [4.78, 5) is 1.34. The lowest BCUT2D eigenvalue weighted by Crippen LogP contribution is -2.55. The first-order chi connectivity index (χ1) is 19.8. The number of rotatable bonds is 0. The van der Waals surface area contributed by atoms with Crippen LogP contribution < -0.4 is 10.9 Å². The molecular weight excluding hydrogens is 507 g/mol. The first-order valence-electron chi connectivity index (χ1n) is 13.8. The first-order valence-corrected chi connectivity index (χ1v) is 14.6. The Labute approximate surface area is 232 Å². The second-order valence-electron chi connectivity index (χ2n) is 11.4. The molecule has 4 aromatic heterocycles. The fourth-order valence-corrected chi connectivity index (χ4v) is 9.18. The minimum atomic E-state index is 0.0629. The van der Waals surface area contributed by atoms with E-state index < -0.39 is 0 Å². The zero-order valence-corrected chi connectivity index (χ0v) is 22.3. The summed E-state index contributed by atoms with van der Waals surface area (Å²) in [5.41, 5.74) is 13.7. The molecule has 2 aliphatic heterocycles. The standard InChI is InChI=1S/C35H19BN2OS/c1-18-16-24-19-10-6-12-23-31(19)38(33-20-8-2-4-14-27(20)39-34(23)33)36-25-13-7-11-22-29-21-9-3-5-15-28(21)40-35(29)37(32(22)25)26(17-18)30(24)36/h2-17H,1H3. The second kappa shape index (κ2) is 6.52. The van der Waals surface area contributed by atoms with Gasteiger partial charge < -0.3 is 13.5 Å². The Morgan fingerprint density at radius 1 is 0.700 bits per heavy atom. The summed E-state index contributed by atoms with van der Waals surface area (Å²) in [5.74, 6) is 0. The molecule has 3 nitrogen and oxygen atoms in total. The van der Waals surface area contributed by atoms with Crippen LogP contribution in [0.1, 0.15) is 5.56 Å². The Bertz CT molecular complexity index is 2630. The average molecular weight is 526 g/mol. The molecule has 6 heterocycles. The number of benzene rings is 5. The average Bonchev–Trinajstić information content (AvgIpc) is 3.71. The number of aryl methyl sites for hydroxylation is 1. The molecule has 11 rings (SSSR count). The smallest absolute Gasteiger partial charge is 0.333 e. The van der Waals surface area contributed by atoms with Crippen molar-refractivity contribution < 1.29 is 4.42 Å². The van der Waals surface area contributed by atoms with Crippen LogP contribution in [0.25, 0.3) is 81.0 Å². The number of hydrogen-bond donors (Lipinski definition) is 0. The maximum atomic E-state index is 6.60. The molecule has 0 aliphatic carbocycles. The van der Waals surface area contributed by atoms with Crippen LogP contribution >= 0.6 is 11.3 Å². The lowest BCUT2D eigenvalue weighted by molar-refractivity contribution is 0.673. The summed E-state index contributed by atoms with van der Waals surface area (Å²) in [5, 5.41) is 6.44. The van der Waals surface area contributed by atoms with Gasteiger partial charge in [0, 0.05) is 48.4 Å². The monoisotopic (exact) mass is 526 g/mol. The third kappa shape index (κ3) is 2.07. The normalized spacial score (nSPS) is 13.6. The number of nitrogens with zero attached hydrogens (tertiary/aromatic N) is 2. The van der Waals surface area contributed by atoms with Crippen LogP contribution in [0.3, 0.4) is 0 Å². The van der Waals surface area contributed by atoms with Crippen molar-refractivity contribution in [3.05, 3.63) is 103 Å². The highest BCUT2D eigenvalue weighted by molar-refractivity contribution is 7.25. The maximum Gasteiger partial charge on any atom is 0.333 e. The molecule has 0 fully saturated rings. The highest BCUT2D eigenvalue weighted by Crippen LogP contribution is 2.47. The number of furan rings is 1. The summed E-state index contributed by atoms with van der Waals surface area (Å²) < 4.78 is 13.1. The minimum absolute atomic E-state index is 0.0629. The molecule has 2 aliphatic rings. The molecule has 5 aromatic carbocycles. The summed E-state index contributed by atoms with van der Waals surface area (Å²) in [7, 11) is 0. The number of para-hydroxylation sites is 3. The van der Waals surface area contributed by atoms with Gasteiger partial charge in [-0.2, -0.15) is 0 Å². The molecule has 0 saturated heterocycles. The van der Waals surface area contributed by atoms with E-state index in [9.17, 15) is 0 Å². The van der Waals surface area contributed by atoms with Crippen molar-refractivity contribution in [1.29, 1.82) is 0 Å². The summed E-state index contributed by atoms with van der Waals surface area (Å²) in [6.45, 7) is 2.30. The molecule has 0 radical (unpaired) electrons. The van der Waals surface area contributed by atoms with Crippen molar-refractivity contribution in [3.8, 4) is 16.8 Å². The van der Waals surface area contributed by atoms with Crippen LogP contribution in [0.15, 0.2) is 101 Å². The van der Waals surface area contributed by atoms with E-state index in [1.807, 2.05) is 11.3 Å². The molecule has 0 amide bonds. The van der Waals surface area contributed by atoms with E-state index in [2.05, 4.69) is 113 Å². The molecular formula is C35H19BN2OS. The Kier molecular flexibility index (Phi) is 3.29. The van der Waals surface area contributed by atoms with Crippen molar-refractivity contribution in [2.24, 2.45) is 0 Å². The van der Waals surface area contributed by atoms with E-state index in [0.717, 1.165) is 11.2 Å². The molecule has 0 atom stereocenters. The molecule has 5 heteroatoms. The molecule has 0 N–H and O–H groups in total. The molecule has 40 heavy (non-hydrogen) atoms. The first kappa shape index (κ1) is 20.2. The number of fused-ring (bicyclic) bond motifs is 14. The Morgan fingerprint density at radius 2 is 1.50 bits per heavy atom. The fraction of sp³-hybridized carbons (Fsp3) is 0.0286. The molecule has 0 saturated carbocycles.